The Hall–Kier alpha value is -4.41. The van der Waals surface area contributed by atoms with E-state index in [-0.39, 0.29) is 28.8 Å². The zero-order chi connectivity index (χ0) is 25.5. The number of aromatic nitrogens is 2. The van der Waals surface area contributed by atoms with Gasteiger partial charge in [-0.15, -0.1) is 0 Å². The van der Waals surface area contributed by atoms with Gasteiger partial charge in [0.2, 0.25) is 5.75 Å². The molecule has 0 bridgehead atoms. The lowest BCUT2D eigenvalue weighted by Crippen LogP contribution is -1.99. The maximum atomic E-state index is 10.7. The number of nitro groups is 2. The van der Waals surface area contributed by atoms with Crippen LogP contribution >= 0.6 is 11.6 Å². The van der Waals surface area contributed by atoms with Crippen LogP contribution < -0.4 is 4.74 Å². The molecule has 11 heteroatoms. The molecule has 10 nitrogen and oxygen atoms in total. The zero-order valence-corrected chi connectivity index (χ0v) is 19.1. The third-order valence-corrected chi connectivity index (χ3v) is 4.49. The molecule has 0 saturated heterocycles. The lowest BCUT2D eigenvalue weighted by atomic mass is 10.2. The van der Waals surface area contributed by atoms with E-state index in [1.54, 1.807) is 0 Å². The third kappa shape index (κ3) is 9.54. The molecule has 2 heterocycles. The lowest BCUT2D eigenvalue weighted by molar-refractivity contribution is -0.386. The normalized spacial score (nSPS) is 9.54. The Morgan fingerprint density at radius 3 is 1.74 bits per heavy atom. The molecule has 0 aliphatic rings. The average molecular weight is 497 g/mol. The van der Waals surface area contributed by atoms with Gasteiger partial charge in [-0.05, 0) is 17.2 Å². The van der Waals surface area contributed by atoms with Crippen LogP contribution in [0.25, 0.3) is 0 Å². The smallest absolute Gasteiger partial charge is 0.329 e. The number of aliphatic hydroxyl groups excluding tert-OH is 1. The second-order valence-electron chi connectivity index (χ2n) is 6.60. The van der Waals surface area contributed by atoms with Crippen LogP contribution in [-0.4, -0.2) is 24.9 Å². The number of hydrogen-bond acceptors (Lipinski definition) is 8. The molecule has 1 N–H and O–H groups in total. The van der Waals surface area contributed by atoms with Crippen LogP contribution in [0.5, 0.6) is 5.75 Å². The van der Waals surface area contributed by atoms with E-state index in [1.807, 2.05) is 60.7 Å². The van der Waals surface area contributed by atoms with Crippen molar-refractivity contribution in [1.29, 1.82) is 0 Å². The van der Waals surface area contributed by atoms with Crippen molar-refractivity contribution in [2.75, 3.05) is 0 Å². The van der Waals surface area contributed by atoms with Crippen molar-refractivity contribution < 1.29 is 19.7 Å². The highest BCUT2D eigenvalue weighted by Gasteiger charge is 2.14. The first-order valence-corrected chi connectivity index (χ1v) is 10.4. The van der Waals surface area contributed by atoms with Crippen LogP contribution in [0.4, 0.5) is 11.4 Å². The van der Waals surface area contributed by atoms with Crippen molar-refractivity contribution in [2.45, 2.75) is 13.2 Å². The number of benzene rings is 2. The van der Waals surface area contributed by atoms with Gasteiger partial charge in [0.05, 0.1) is 16.5 Å². The largest absolute Gasteiger partial charge is 0.482 e. The van der Waals surface area contributed by atoms with Crippen LogP contribution in [0.1, 0.15) is 11.1 Å². The first kappa shape index (κ1) is 26.8. The van der Waals surface area contributed by atoms with E-state index in [0.29, 0.717) is 6.61 Å². The molecule has 4 aromatic rings. The quantitative estimate of drug-likeness (QED) is 0.276. The summed E-state index contributed by atoms with van der Waals surface area (Å²) in [7, 11) is 0. The Bertz CT molecular complexity index is 1210. The molecule has 2 aromatic carbocycles. The van der Waals surface area contributed by atoms with Crippen LogP contribution in [0.3, 0.4) is 0 Å². The number of halogens is 1. The van der Waals surface area contributed by atoms with Crippen molar-refractivity contribution in [2.24, 2.45) is 0 Å². The Balaban J connectivity index is 0.000000204. The SMILES string of the molecule is O=[N+]([O-])c1cnccc1Cl.O=[N+]([O-])c1cnccc1OCc1ccccc1.OCc1ccccc1. The van der Waals surface area contributed by atoms with Gasteiger partial charge in [0.15, 0.2) is 0 Å². The minimum Gasteiger partial charge on any atom is -0.482 e. The molecular formula is C24H21ClN4O6. The van der Waals surface area contributed by atoms with Crippen molar-refractivity contribution in [3.8, 4) is 5.75 Å². The summed E-state index contributed by atoms with van der Waals surface area (Å²) >= 11 is 5.44. The Morgan fingerprint density at radius 2 is 1.29 bits per heavy atom. The van der Waals surface area contributed by atoms with Crippen LogP contribution in [-0.2, 0) is 13.2 Å². The van der Waals surface area contributed by atoms with Gasteiger partial charge in [0.25, 0.3) is 0 Å². The number of nitrogens with zero attached hydrogens (tertiary/aromatic N) is 4. The molecule has 2 aromatic heterocycles. The van der Waals surface area contributed by atoms with E-state index in [1.165, 1.54) is 30.7 Å². The van der Waals surface area contributed by atoms with Gasteiger partial charge in [0.1, 0.15) is 24.0 Å². The average Bonchev–Trinajstić information content (AvgIpc) is 2.89. The van der Waals surface area contributed by atoms with E-state index in [2.05, 4.69) is 9.97 Å². The molecule has 0 fully saturated rings. The minimum atomic E-state index is -0.574. The second kappa shape index (κ2) is 14.7. The molecular weight excluding hydrogens is 476 g/mol. The highest BCUT2D eigenvalue weighted by atomic mass is 35.5. The first-order chi connectivity index (χ1) is 16.9. The second-order valence-corrected chi connectivity index (χ2v) is 7.01. The molecule has 0 amide bonds. The Morgan fingerprint density at radius 1 is 0.771 bits per heavy atom. The summed E-state index contributed by atoms with van der Waals surface area (Å²) in [6, 6.07) is 21.9. The molecule has 180 valence electrons. The summed E-state index contributed by atoms with van der Waals surface area (Å²) in [5, 5.41) is 29.5. The Labute approximate surface area is 205 Å². The predicted octanol–water partition coefficient (Wildman–Crippen LogP) is 5.39. The maximum Gasteiger partial charge on any atom is 0.329 e. The number of aliphatic hydroxyl groups is 1. The fraction of sp³-hybridized carbons (Fsp3) is 0.0833. The van der Waals surface area contributed by atoms with Crippen molar-refractivity contribution >= 4 is 23.0 Å². The number of ether oxygens (including phenoxy) is 1. The summed E-state index contributed by atoms with van der Waals surface area (Å²) in [5.41, 5.74) is 1.64. The van der Waals surface area contributed by atoms with Gasteiger partial charge in [-0.25, -0.2) is 0 Å². The predicted molar refractivity (Wildman–Crippen MR) is 130 cm³/mol. The zero-order valence-electron chi connectivity index (χ0n) is 18.3. The standard InChI is InChI=1S/C12H10N2O3.C7H8O.C5H3ClN2O2/c15-14(16)11-8-13-7-6-12(11)17-9-10-4-2-1-3-5-10;8-6-7-4-2-1-3-5-7;6-4-1-2-7-3-5(4)8(9)10/h1-8H,9H2;1-5,8H,6H2;1-3H. The molecule has 0 aliphatic carbocycles. The van der Waals surface area contributed by atoms with E-state index in [9.17, 15) is 20.2 Å². The number of hydrogen-bond donors (Lipinski definition) is 1. The van der Waals surface area contributed by atoms with E-state index >= 15 is 0 Å². The van der Waals surface area contributed by atoms with Crippen LogP contribution in [0.2, 0.25) is 5.02 Å². The Kier molecular flexibility index (Phi) is 11.3. The summed E-state index contributed by atoms with van der Waals surface area (Å²) in [6.07, 6.45) is 5.16. The van der Waals surface area contributed by atoms with Crippen molar-refractivity contribution in [3.63, 3.8) is 0 Å². The van der Waals surface area contributed by atoms with Gasteiger partial charge in [-0.1, -0.05) is 72.3 Å². The molecule has 4 rings (SSSR count). The molecule has 0 saturated carbocycles. The summed E-state index contributed by atoms with van der Waals surface area (Å²) in [4.78, 5) is 27.0. The topological polar surface area (TPSA) is 142 Å². The summed E-state index contributed by atoms with van der Waals surface area (Å²) in [5.74, 6) is 0.230. The van der Waals surface area contributed by atoms with Gasteiger partial charge >= 0.3 is 11.4 Å². The summed E-state index contributed by atoms with van der Waals surface area (Å²) in [6.45, 7) is 0.437. The highest BCUT2D eigenvalue weighted by molar-refractivity contribution is 6.32. The third-order valence-electron chi connectivity index (χ3n) is 4.17. The molecule has 0 spiro atoms. The highest BCUT2D eigenvalue weighted by Crippen LogP contribution is 2.25. The molecule has 0 aliphatic heterocycles. The minimum absolute atomic E-state index is 0.111. The number of pyridine rings is 2. The van der Waals surface area contributed by atoms with Crippen LogP contribution in [0, 0.1) is 20.2 Å². The van der Waals surface area contributed by atoms with E-state index in [0.717, 1.165) is 17.3 Å². The maximum absolute atomic E-state index is 10.7. The first-order valence-electron chi connectivity index (χ1n) is 10.1. The van der Waals surface area contributed by atoms with Crippen LogP contribution in [0.15, 0.2) is 97.6 Å². The fourth-order valence-corrected chi connectivity index (χ4v) is 2.63. The van der Waals surface area contributed by atoms with Crippen molar-refractivity contribution in [3.05, 3.63) is 134 Å². The van der Waals surface area contributed by atoms with E-state index < -0.39 is 9.85 Å². The molecule has 0 radical (unpaired) electrons. The molecule has 35 heavy (non-hydrogen) atoms. The summed E-state index contributed by atoms with van der Waals surface area (Å²) < 4.78 is 5.40. The molecule has 0 unspecified atom stereocenters. The van der Waals surface area contributed by atoms with Gasteiger partial charge in [-0.3, -0.25) is 30.2 Å². The van der Waals surface area contributed by atoms with Crippen molar-refractivity contribution in [1.82, 2.24) is 9.97 Å². The van der Waals surface area contributed by atoms with Gasteiger partial charge in [-0.2, -0.15) is 0 Å². The fourth-order valence-electron chi connectivity index (χ4n) is 2.45. The monoisotopic (exact) mass is 496 g/mol. The number of rotatable bonds is 6. The van der Waals surface area contributed by atoms with E-state index in [4.69, 9.17) is 21.4 Å². The molecule has 0 atom stereocenters. The lowest BCUT2D eigenvalue weighted by Gasteiger charge is -2.05. The van der Waals surface area contributed by atoms with Gasteiger partial charge in [0, 0.05) is 18.5 Å². The van der Waals surface area contributed by atoms with Gasteiger partial charge < -0.3 is 9.84 Å².